The van der Waals surface area contributed by atoms with E-state index in [1.165, 1.54) is 16.0 Å². The molecule has 1 heterocycles. The summed E-state index contributed by atoms with van der Waals surface area (Å²) in [4.78, 5) is 23.3. The number of thiazole rings is 1. The predicted octanol–water partition coefficient (Wildman–Crippen LogP) is 2.77. The zero-order chi connectivity index (χ0) is 20.4. The number of aryl methyl sites for hydroxylation is 2. The Morgan fingerprint density at radius 2 is 1.71 bits per heavy atom. The van der Waals surface area contributed by atoms with E-state index in [-0.39, 0.29) is 5.91 Å². The second kappa shape index (κ2) is 8.29. The molecule has 3 rings (SSSR count). The SMILES string of the molecule is Cc1cc2nc(N(CC[NH+](C)C)C(=O)c3ccc(N(C)C)cc3)sc2cc1C. The van der Waals surface area contributed by atoms with Crippen molar-refractivity contribution in [1.29, 1.82) is 0 Å². The maximum atomic E-state index is 13.3. The van der Waals surface area contributed by atoms with Crippen LogP contribution >= 0.6 is 11.3 Å². The van der Waals surface area contributed by atoms with Gasteiger partial charge in [0.25, 0.3) is 5.91 Å². The topological polar surface area (TPSA) is 40.9 Å². The summed E-state index contributed by atoms with van der Waals surface area (Å²) in [5.74, 6) is -0.000874. The summed E-state index contributed by atoms with van der Waals surface area (Å²) in [7, 11) is 8.18. The number of fused-ring (bicyclic) bond motifs is 1. The fraction of sp³-hybridized carbons (Fsp3) is 0.364. The van der Waals surface area contributed by atoms with Crippen LogP contribution < -0.4 is 14.7 Å². The molecule has 0 spiro atoms. The second-order valence-corrected chi connectivity index (χ2v) is 8.76. The maximum Gasteiger partial charge on any atom is 0.260 e. The van der Waals surface area contributed by atoms with Crippen LogP contribution in [0.5, 0.6) is 0 Å². The summed E-state index contributed by atoms with van der Waals surface area (Å²) >= 11 is 1.59. The molecule has 0 aliphatic carbocycles. The number of quaternary nitrogens is 1. The van der Waals surface area contributed by atoms with Crippen LogP contribution in [-0.4, -0.2) is 52.2 Å². The van der Waals surface area contributed by atoms with Gasteiger partial charge in [-0.1, -0.05) is 11.3 Å². The number of carbonyl (C=O) groups excluding carboxylic acids is 1. The fourth-order valence-corrected chi connectivity index (χ4v) is 4.03. The Kier molecular flexibility index (Phi) is 6.01. The highest BCUT2D eigenvalue weighted by atomic mass is 32.1. The van der Waals surface area contributed by atoms with Gasteiger partial charge in [-0.25, -0.2) is 4.98 Å². The van der Waals surface area contributed by atoms with Gasteiger partial charge in [0.2, 0.25) is 0 Å². The average molecular weight is 398 g/mol. The first-order chi connectivity index (χ1) is 13.3. The first-order valence-corrected chi connectivity index (χ1v) is 10.3. The quantitative estimate of drug-likeness (QED) is 0.695. The molecule has 0 fully saturated rings. The summed E-state index contributed by atoms with van der Waals surface area (Å²) in [5, 5.41) is 0.767. The molecule has 0 aliphatic heterocycles. The molecular formula is C22H29N4OS+. The molecule has 6 heteroatoms. The summed E-state index contributed by atoms with van der Waals surface area (Å²) in [6.45, 7) is 5.70. The Labute approximate surface area is 171 Å². The highest BCUT2D eigenvalue weighted by Crippen LogP contribution is 2.31. The zero-order valence-electron chi connectivity index (χ0n) is 17.5. The number of aromatic nitrogens is 1. The molecule has 0 aliphatic rings. The molecule has 0 saturated heterocycles. The second-order valence-electron chi connectivity index (χ2n) is 7.76. The Hall–Kier alpha value is -2.44. The van der Waals surface area contributed by atoms with Crippen molar-refractivity contribution in [2.75, 3.05) is 51.1 Å². The first kappa shape index (κ1) is 20.3. The lowest BCUT2D eigenvalue weighted by Gasteiger charge is -2.21. The molecule has 1 aromatic heterocycles. The van der Waals surface area contributed by atoms with E-state index in [0.717, 1.165) is 27.6 Å². The molecule has 0 unspecified atom stereocenters. The van der Waals surface area contributed by atoms with E-state index in [1.807, 2.05) is 48.2 Å². The molecule has 5 nitrogen and oxygen atoms in total. The number of benzene rings is 2. The third kappa shape index (κ3) is 4.34. The number of hydrogen-bond donors (Lipinski definition) is 1. The molecule has 3 aromatic rings. The molecular weight excluding hydrogens is 368 g/mol. The van der Waals surface area contributed by atoms with E-state index in [4.69, 9.17) is 4.98 Å². The minimum Gasteiger partial charge on any atom is -0.378 e. The fourth-order valence-electron chi connectivity index (χ4n) is 2.96. The zero-order valence-corrected chi connectivity index (χ0v) is 18.4. The number of nitrogens with zero attached hydrogens (tertiary/aromatic N) is 3. The van der Waals surface area contributed by atoms with Crippen LogP contribution in [0, 0.1) is 13.8 Å². The molecule has 0 bridgehead atoms. The number of anilines is 2. The molecule has 148 valence electrons. The minimum absolute atomic E-state index is 0.000874. The molecule has 28 heavy (non-hydrogen) atoms. The van der Waals surface area contributed by atoms with Gasteiger partial charge in [-0.2, -0.15) is 0 Å². The van der Waals surface area contributed by atoms with E-state index in [1.54, 1.807) is 11.3 Å². The van der Waals surface area contributed by atoms with Crippen LogP contribution in [0.15, 0.2) is 36.4 Å². The number of nitrogens with one attached hydrogen (secondary N) is 1. The van der Waals surface area contributed by atoms with Gasteiger partial charge in [-0.3, -0.25) is 9.69 Å². The van der Waals surface area contributed by atoms with Gasteiger partial charge in [-0.05, 0) is 61.4 Å². The average Bonchev–Trinajstić information content (AvgIpc) is 3.04. The third-order valence-corrected chi connectivity index (χ3v) is 5.98. The molecule has 0 radical (unpaired) electrons. The molecule has 1 amide bonds. The van der Waals surface area contributed by atoms with Gasteiger partial charge in [0, 0.05) is 25.3 Å². The van der Waals surface area contributed by atoms with Crippen molar-refractivity contribution in [3.63, 3.8) is 0 Å². The van der Waals surface area contributed by atoms with Gasteiger partial charge in [0.15, 0.2) is 5.13 Å². The van der Waals surface area contributed by atoms with E-state index in [9.17, 15) is 4.79 Å². The summed E-state index contributed by atoms with van der Waals surface area (Å²) in [6.07, 6.45) is 0. The van der Waals surface area contributed by atoms with Crippen LogP contribution in [0.2, 0.25) is 0 Å². The van der Waals surface area contributed by atoms with Crippen molar-refractivity contribution in [2.45, 2.75) is 13.8 Å². The summed E-state index contributed by atoms with van der Waals surface area (Å²) in [6, 6.07) is 12.0. The van der Waals surface area contributed by atoms with Crippen molar-refractivity contribution in [2.24, 2.45) is 0 Å². The molecule has 0 saturated carbocycles. The predicted molar refractivity (Wildman–Crippen MR) is 119 cm³/mol. The largest absolute Gasteiger partial charge is 0.378 e. The van der Waals surface area contributed by atoms with Crippen molar-refractivity contribution < 1.29 is 9.69 Å². The summed E-state index contributed by atoms with van der Waals surface area (Å²) in [5.41, 5.74) is 5.19. The van der Waals surface area contributed by atoms with E-state index >= 15 is 0 Å². The Morgan fingerprint density at radius 3 is 2.32 bits per heavy atom. The number of hydrogen-bond acceptors (Lipinski definition) is 4. The number of rotatable bonds is 6. The van der Waals surface area contributed by atoms with Crippen molar-refractivity contribution in [3.05, 3.63) is 53.1 Å². The lowest BCUT2D eigenvalue weighted by Crippen LogP contribution is -3.06. The van der Waals surface area contributed by atoms with Crippen molar-refractivity contribution in [1.82, 2.24) is 4.98 Å². The first-order valence-electron chi connectivity index (χ1n) is 9.52. The Balaban J connectivity index is 1.97. The van der Waals surface area contributed by atoms with E-state index in [2.05, 4.69) is 40.1 Å². The van der Waals surface area contributed by atoms with E-state index in [0.29, 0.717) is 12.1 Å². The monoisotopic (exact) mass is 397 g/mol. The van der Waals surface area contributed by atoms with Gasteiger partial charge in [-0.15, -0.1) is 0 Å². The molecule has 2 aromatic carbocycles. The van der Waals surface area contributed by atoms with Crippen LogP contribution in [0.25, 0.3) is 10.2 Å². The molecule has 1 N–H and O–H groups in total. The number of amides is 1. The van der Waals surface area contributed by atoms with Gasteiger partial charge >= 0.3 is 0 Å². The normalized spacial score (nSPS) is 11.2. The Bertz CT molecular complexity index is 937. The van der Waals surface area contributed by atoms with Crippen LogP contribution in [0.3, 0.4) is 0 Å². The number of likely N-dealkylation sites (N-methyl/N-ethyl adjacent to an activating group) is 1. The van der Waals surface area contributed by atoms with Crippen molar-refractivity contribution in [3.8, 4) is 0 Å². The van der Waals surface area contributed by atoms with Gasteiger partial charge in [0.1, 0.15) is 0 Å². The third-order valence-electron chi connectivity index (χ3n) is 4.93. The highest BCUT2D eigenvalue weighted by molar-refractivity contribution is 7.22. The summed E-state index contributed by atoms with van der Waals surface area (Å²) < 4.78 is 1.12. The van der Waals surface area contributed by atoms with E-state index < -0.39 is 0 Å². The lowest BCUT2D eigenvalue weighted by molar-refractivity contribution is -0.856. The lowest BCUT2D eigenvalue weighted by atomic mass is 10.1. The Morgan fingerprint density at radius 1 is 1.07 bits per heavy atom. The van der Waals surface area contributed by atoms with Gasteiger partial charge < -0.3 is 9.80 Å². The minimum atomic E-state index is -0.000874. The smallest absolute Gasteiger partial charge is 0.260 e. The maximum absolute atomic E-state index is 13.3. The van der Waals surface area contributed by atoms with Crippen molar-refractivity contribution >= 4 is 38.3 Å². The van der Waals surface area contributed by atoms with Crippen LogP contribution in [0.1, 0.15) is 21.5 Å². The highest BCUT2D eigenvalue weighted by Gasteiger charge is 2.22. The van der Waals surface area contributed by atoms with Crippen LogP contribution in [-0.2, 0) is 0 Å². The molecule has 0 atom stereocenters. The van der Waals surface area contributed by atoms with Gasteiger partial charge in [0.05, 0.1) is 37.4 Å². The number of carbonyl (C=O) groups is 1. The standard InChI is InChI=1S/C22H28N4OS/c1-15-13-19-20(14-16(15)2)28-22(23-19)26(12-11-24(3)4)21(27)17-7-9-18(10-8-17)25(5)6/h7-10,13-14H,11-12H2,1-6H3/p+1. The van der Waals surface area contributed by atoms with Crippen LogP contribution in [0.4, 0.5) is 10.8 Å².